The maximum Gasteiger partial charge on any atom is 0.326 e. The molecule has 3 aromatic rings. The van der Waals surface area contributed by atoms with E-state index in [1.165, 1.54) is 19.4 Å². The van der Waals surface area contributed by atoms with Crippen LogP contribution in [0, 0.1) is 0 Å². The van der Waals surface area contributed by atoms with E-state index in [2.05, 4.69) is 36.5 Å². The Hall–Kier alpha value is -3.99. The van der Waals surface area contributed by atoms with Crippen LogP contribution in [0.15, 0.2) is 59.5 Å². The molecule has 0 aliphatic rings. The predicted molar refractivity (Wildman–Crippen MR) is 132 cm³/mol. The number of aromatic amines is 1. The number of nitrogens with one attached hydrogen (secondary N) is 3. The van der Waals surface area contributed by atoms with Crippen molar-refractivity contribution in [3.8, 4) is 0 Å². The van der Waals surface area contributed by atoms with E-state index in [9.17, 15) is 24.3 Å². The monoisotopic (exact) mass is 541 g/mol. The molecule has 2 atom stereocenters. The van der Waals surface area contributed by atoms with Crippen molar-refractivity contribution in [2.45, 2.75) is 31.8 Å². The lowest BCUT2D eigenvalue weighted by atomic mass is 9.97. The molecule has 0 saturated heterocycles. The number of nitrogens with two attached hydrogens (primary N) is 1. The summed E-state index contributed by atoms with van der Waals surface area (Å²) < 4.78 is 0.835. The Bertz CT molecular complexity index is 1230. The summed E-state index contributed by atoms with van der Waals surface area (Å²) in [7, 11) is 0. The number of carboxylic acids is 1. The lowest BCUT2D eigenvalue weighted by Gasteiger charge is -2.18. The van der Waals surface area contributed by atoms with Crippen molar-refractivity contribution >= 4 is 45.2 Å². The zero-order valence-electron chi connectivity index (χ0n) is 18.7. The Kier molecular flexibility index (Phi) is 8.37. The number of nitrogen functional groups attached to an aromatic ring is 1. The van der Waals surface area contributed by atoms with Gasteiger partial charge in [-0.05, 0) is 42.8 Å². The number of hydrogen-bond acceptors (Lipinski definition) is 6. The topological polar surface area (TPSA) is 167 Å². The molecule has 11 heteroatoms. The fraction of sp³-hybridized carbons (Fsp3) is 0.208. The standard InChI is InChI=1S/C24H24BrN5O5/c1-13(23(33)30-19(24(34)35)10-17-11-27-12-28-17)29-20(31)9-15-3-2-4-18(21(15)26)22(32)14-5-7-16(25)8-6-14/h2-8,11-13,19H,9-10,26H2,1H3,(H,27,28)(H,29,31)(H,30,33)(H,34,35). The van der Waals surface area contributed by atoms with Crippen LogP contribution in [0.3, 0.4) is 0 Å². The molecule has 0 spiro atoms. The van der Waals surface area contributed by atoms with Gasteiger partial charge in [-0.1, -0.05) is 28.1 Å². The quantitative estimate of drug-likeness (QED) is 0.193. The molecule has 2 aromatic carbocycles. The van der Waals surface area contributed by atoms with Gasteiger partial charge in [0.15, 0.2) is 5.78 Å². The van der Waals surface area contributed by atoms with Gasteiger partial charge in [-0.2, -0.15) is 0 Å². The molecule has 1 heterocycles. The fourth-order valence-electron chi connectivity index (χ4n) is 3.37. The third kappa shape index (κ3) is 6.76. The summed E-state index contributed by atoms with van der Waals surface area (Å²) in [5.74, 6) is -2.65. The molecular formula is C24H24BrN5O5. The predicted octanol–water partition coefficient (Wildman–Crippen LogP) is 1.84. The number of benzene rings is 2. The highest BCUT2D eigenvalue weighted by Crippen LogP contribution is 2.22. The molecular weight excluding hydrogens is 518 g/mol. The Morgan fingerprint density at radius 1 is 1.11 bits per heavy atom. The molecule has 1 aromatic heterocycles. The molecule has 6 N–H and O–H groups in total. The van der Waals surface area contributed by atoms with Gasteiger partial charge in [0.25, 0.3) is 0 Å². The highest BCUT2D eigenvalue weighted by Gasteiger charge is 2.25. The maximum atomic E-state index is 12.9. The van der Waals surface area contributed by atoms with Crippen LogP contribution in [0.25, 0.3) is 0 Å². The zero-order valence-corrected chi connectivity index (χ0v) is 20.3. The average molecular weight is 542 g/mol. The first-order valence-electron chi connectivity index (χ1n) is 10.6. The number of aromatic nitrogens is 2. The molecule has 2 amide bonds. The van der Waals surface area contributed by atoms with Gasteiger partial charge >= 0.3 is 5.97 Å². The molecule has 2 unspecified atom stereocenters. The SMILES string of the molecule is CC(NC(=O)Cc1cccc(C(=O)c2ccc(Br)cc2)c1N)C(=O)NC(Cc1cnc[nH]1)C(=O)O. The number of amides is 2. The lowest BCUT2D eigenvalue weighted by Crippen LogP contribution is -2.51. The van der Waals surface area contributed by atoms with Gasteiger partial charge in [-0.15, -0.1) is 0 Å². The number of H-pyrrole nitrogens is 1. The van der Waals surface area contributed by atoms with Crippen LogP contribution in [0.4, 0.5) is 5.69 Å². The third-order valence-corrected chi connectivity index (χ3v) is 5.79. The summed E-state index contributed by atoms with van der Waals surface area (Å²) in [6, 6.07) is 9.48. The first-order valence-corrected chi connectivity index (χ1v) is 11.4. The van der Waals surface area contributed by atoms with Crippen molar-refractivity contribution in [2.24, 2.45) is 0 Å². The molecule has 0 radical (unpaired) electrons. The number of imidazole rings is 1. The maximum absolute atomic E-state index is 12.9. The van der Waals surface area contributed by atoms with Crippen LogP contribution in [-0.4, -0.2) is 50.7 Å². The number of carbonyl (C=O) groups excluding carboxylic acids is 3. The van der Waals surface area contributed by atoms with Crippen molar-refractivity contribution in [1.29, 1.82) is 0 Å². The normalized spacial score (nSPS) is 12.4. The van der Waals surface area contributed by atoms with Crippen molar-refractivity contribution in [3.63, 3.8) is 0 Å². The van der Waals surface area contributed by atoms with Crippen molar-refractivity contribution in [2.75, 3.05) is 5.73 Å². The molecule has 0 aliphatic heterocycles. The van der Waals surface area contributed by atoms with Crippen LogP contribution in [0.2, 0.25) is 0 Å². The Labute approximate surface area is 209 Å². The number of nitrogens with zero attached hydrogens (tertiary/aromatic N) is 1. The van der Waals surface area contributed by atoms with Crippen molar-refractivity contribution < 1.29 is 24.3 Å². The van der Waals surface area contributed by atoms with Crippen LogP contribution in [0.1, 0.15) is 34.1 Å². The fourth-order valence-corrected chi connectivity index (χ4v) is 3.63. The van der Waals surface area contributed by atoms with Crippen LogP contribution < -0.4 is 16.4 Å². The number of para-hydroxylation sites is 1. The highest BCUT2D eigenvalue weighted by atomic mass is 79.9. The number of rotatable bonds is 10. The smallest absolute Gasteiger partial charge is 0.326 e. The van der Waals surface area contributed by atoms with Crippen molar-refractivity contribution in [3.05, 3.63) is 81.8 Å². The highest BCUT2D eigenvalue weighted by molar-refractivity contribution is 9.10. The molecule has 0 bridgehead atoms. The van der Waals surface area contributed by atoms with E-state index in [1.54, 1.807) is 42.5 Å². The minimum Gasteiger partial charge on any atom is -0.480 e. The minimum atomic E-state index is -1.22. The van der Waals surface area contributed by atoms with Gasteiger partial charge < -0.3 is 26.5 Å². The first-order chi connectivity index (χ1) is 16.7. The van der Waals surface area contributed by atoms with E-state index in [4.69, 9.17) is 5.73 Å². The van der Waals surface area contributed by atoms with E-state index in [0.717, 1.165) is 4.47 Å². The molecule has 3 rings (SSSR count). The molecule has 0 fully saturated rings. The Balaban J connectivity index is 1.62. The second kappa shape index (κ2) is 11.4. The van der Waals surface area contributed by atoms with E-state index in [1.807, 2.05) is 0 Å². The molecule has 182 valence electrons. The number of aliphatic carboxylic acids is 1. The van der Waals surface area contributed by atoms with Crippen LogP contribution in [-0.2, 0) is 27.2 Å². The number of carboxylic acid groups (broad SMARTS) is 1. The number of anilines is 1. The Morgan fingerprint density at radius 2 is 1.83 bits per heavy atom. The van der Waals surface area contributed by atoms with Gasteiger partial charge in [-0.3, -0.25) is 14.4 Å². The second-order valence-corrected chi connectivity index (χ2v) is 8.78. The first kappa shape index (κ1) is 25.6. The van der Waals surface area contributed by atoms with Gasteiger partial charge in [0.2, 0.25) is 11.8 Å². The molecule has 10 nitrogen and oxygen atoms in total. The summed E-state index contributed by atoms with van der Waals surface area (Å²) in [6.45, 7) is 1.44. The van der Waals surface area contributed by atoms with E-state index >= 15 is 0 Å². The molecule has 0 aliphatic carbocycles. The van der Waals surface area contributed by atoms with E-state index in [-0.39, 0.29) is 29.9 Å². The summed E-state index contributed by atoms with van der Waals surface area (Å²) in [5, 5.41) is 14.3. The van der Waals surface area contributed by atoms with Gasteiger partial charge in [0.1, 0.15) is 12.1 Å². The number of hydrogen-bond donors (Lipinski definition) is 5. The summed E-state index contributed by atoms with van der Waals surface area (Å²) in [4.78, 5) is 56.0. The third-order valence-electron chi connectivity index (χ3n) is 5.26. The van der Waals surface area contributed by atoms with Gasteiger partial charge in [0, 0.05) is 39.6 Å². The summed E-state index contributed by atoms with van der Waals surface area (Å²) in [6.07, 6.45) is 2.72. The van der Waals surface area contributed by atoms with Crippen LogP contribution in [0.5, 0.6) is 0 Å². The number of carbonyl (C=O) groups is 4. The number of ketones is 1. The largest absolute Gasteiger partial charge is 0.480 e. The van der Waals surface area contributed by atoms with Crippen LogP contribution >= 0.6 is 15.9 Å². The Morgan fingerprint density at radius 3 is 2.46 bits per heavy atom. The molecule has 35 heavy (non-hydrogen) atoms. The minimum absolute atomic E-state index is 0.0114. The van der Waals surface area contributed by atoms with Gasteiger partial charge in [0.05, 0.1) is 12.7 Å². The van der Waals surface area contributed by atoms with Gasteiger partial charge in [-0.25, -0.2) is 9.78 Å². The van der Waals surface area contributed by atoms with E-state index in [0.29, 0.717) is 16.8 Å². The molecule has 0 saturated carbocycles. The lowest BCUT2D eigenvalue weighted by molar-refractivity contribution is -0.142. The number of halogens is 1. The zero-order chi connectivity index (χ0) is 25.5. The van der Waals surface area contributed by atoms with E-state index < -0.39 is 29.9 Å². The second-order valence-electron chi connectivity index (χ2n) is 7.86. The summed E-state index contributed by atoms with van der Waals surface area (Å²) >= 11 is 3.32. The van der Waals surface area contributed by atoms with Crippen molar-refractivity contribution in [1.82, 2.24) is 20.6 Å². The average Bonchev–Trinajstić information content (AvgIpc) is 3.33. The summed E-state index contributed by atoms with van der Waals surface area (Å²) in [5.41, 5.74) is 8.07.